The lowest BCUT2D eigenvalue weighted by molar-refractivity contribution is -0.137. The highest BCUT2D eigenvalue weighted by Crippen LogP contribution is 2.61. The van der Waals surface area contributed by atoms with Crippen molar-refractivity contribution in [3.63, 3.8) is 0 Å². The van der Waals surface area contributed by atoms with Gasteiger partial charge in [-0.2, -0.15) is 16.1 Å². The van der Waals surface area contributed by atoms with Crippen molar-refractivity contribution in [3.05, 3.63) is 12.7 Å². The van der Waals surface area contributed by atoms with Crippen LogP contribution in [-0.2, 0) is 50.7 Å². The molecule has 2 unspecified atom stereocenters. The highest BCUT2D eigenvalue weighted by molar-refractivity contribution is 8.01. The summed E-state index contributed by atoms with van der Waals surface area (Å²) in [7, 11) is -16.4. The zero-order valence-electron chi connectivity index (χ0n) is 29.1. The van der Waals surface area contributed by atoms with Crippen LogP contribution in [0.15, 0.2) is 12.7 Å². The van der Waals surface area contributed by atoms with Crippen LogP contribution in [0, 0.1) is 5.41 Å². The number of imidazole rings is 1. The normalized spacial score (nSPS) is 23.8. The molecule has 0 radical (unpaired) electrons. The molecule has 310 valence electrons. The number of carboxylic acid groups (broad SMARTS) is 1. The van der Waals surface area contributed by atoms with E-state index in [1.165, 1.54) is 25.6 Å². The SMILES string of the molecule is CC(C)(COP(=O)(O)OP(=O)(O)OC[C@H]1O[C@@H](n2cnc3c(N)ncnc32)[C@H](O)[C@@H]1OP(=O)(O)O)[C@@H](O)C(=O)NCCC(=O)NCCSC1(CC(=O)O)CC1. The molecule has 2 aromatic heterocycles. The van der Waals surface area contributed by atoms with Crippen molar-refractivity contribution in [1.82, 2.24) is 30.2 Å². The molecule has 2 aromatic rings. The van der Waals surface area contributed by atoms with Crippen LogP contribution in [0.1, 0.15) is 45.8 Å². The van der Waals surface area contributed by atoms with Gasteiger partial charge in [-0.15, -0.1) is 0 Å². The number of aromatic nitrogens is 4. The van der Waals surface area contributed by atoms with E-state index in [0.29, 0.717) is 5.75 Å². The van der Waals surface area contributed by atoms with Gasteiger partial charge in [0.15, 0.2) is 17.7 Å². The van der Waals surface area contributed by atoms with Crippen molar-refractivity contribution in [3.8, 4) is 0 Å². The Morgan fingerprint density at radius 1 is 1.09 bits per heavy atom. The number of hydrogen-bond acceptors (Lipinski definition) is 18. The first-order valence-electron chi connectivity index (χ1n) is 16.2. The Hall–Kier alpha value is -2.64. The molecule has 2 amide bonds. The summed E-state index contributed by atoms with van der Waals surface area (Å²) in [6.45, 7) is 0.564. The topological polar surface area (TPSA) is 384 Å². The van der Waals surface area contributed by atoms with E-state index in [0.717, 1.165) is 30.1 Å². The van der Waals surface area contributed by atoms with Crippen LogP contribution in [0.3, 0.4) is 0 Å². The second-order valence-electron chi connectivity index (χ2n) is 13.2. The Bertz CT molecular complexity index is 1860. The molecule has 1 aliphatic heterocycles. The van der Waals surface area contributed by atoms with E-state index in [1.807, 2.05) is 0 Å². The number of aliphatic carboxylic acids is 1. The molecule has 0 bridgehead atoms. The zero-order valence-corrected chi connectivity index (χ0v) is 32.6. The van der Waals surface area contributed by atoms with Gasteiger partial charge in [0, 0.05) is 35.4 Å². The first kappa shape index (κ1) is 45.1. The number of phosphoric acid groups is 3. The predicted molar refractivity (Wildman–Crippen MR) is 186 cm³/mol. The molecule has 0 spiro atoms. The number of nitrogens with zero attached hydrogens (tertiary/aromatic N) is 4. The molecule has 4 rings (SSSR count). The first-order valence-corrected chi connectivity index (χ1v) is 21.7. The van der Waals surface area contributed by atoms with Gasteiger partial charge in [-0.25, -0.2) is 28.6 Å². The molecule has 2 aliphatic rings. The minimum absolute atomic E-state index is 0.0283. The summed E-state index contributed by atoms with van der Waals surface area (Å²) >= 11 is 1.47. The van der Waals surface area contributed by atoms with E-state index < -0.39 is 90.5 Å². The number of fused-ring (bicyclic) bond motifs is 1. The largest absolute Gasteiger partial charge is 0.481 e. The highest BCUT2D eigenvalue weighted by atomic mass is 32.2. The maximum absolute atomic E-state index is 12.7. The van der Waals surface area contributed by atoms with Crippen molar-refractivity contribution in [2.45, 2.75) is 74.9 Å². The second-order valence-corrected chi connectivity index (χ2v) is 19.0. The third-order valence-electron chi connectivity index (χ3n) is 8.19. The van der Waals surface area contributed by atoms with Gasteiger partial charge in [0.2, 0.25) is 11.8 Å². The number of carboxylic acids is 1. The van der Waals surface area contributed by atoms with Crippen LogP contribution in [0.25, 0.3) is 11.2 Å². The third-order valence-corrected chi connectivity index (χ3v) is 12.9. The summed E-state index contributed by atoms with van der Waals surface area (Å²) in [5.74, 6) is -1.82. The predicted octanol–water partition coefficient (Wildman–Crippen LogP) is -0.855. The van der Waals surface area contributed by atoms with Gasteiger partial charge in [-0.05, 0) is 12.8 Å². The number of phosphoric ester groups is 3. The van der Waals surface area contributed by atoms with Crippen molar-refractivity contribution in [2.24, 2.45) is 5.41 Å². The number of rotatable bonds is 22. The van der Waals surface area contributed by atoms with E-state index in [4.69, 9.17) is 24.6 Å². The Kier molecular flexibility index (Phi) is 14.6. The van der Waals surface area contributed by atoms with Crippen LogP contribution < -0.4 is 16.4 Å². The number of amides is 2. The lowest BCUT2D eigenvalue weighted by Gasteiger charge is -2.30. The average molecular weight is 866 g/mol. The number of hydrogen-bond donors (Lipinski definition) is 10. The summed E-state index contributed by atoms with van der Waals surface area (Å²) in [6.07, 6.45) is -5.28. The van der Waals surface area contributed by atoms with Crippen LogP contribution in [0.4, 0.5) is 5.82 Å². The number of nitrogen functional groups attached to an aromatic ring is 1. The Labute approximate surface area is 316 Å². The lowest BCUT2D eigenvalue weighted by Crippen LogP contribution is -2.46. The molecule has 25 nitrogen and oxygen atoms in total. The van der Waals surface area contributed by atoms with Crippen LogP contribution >= 0.6 is 35.2 Å². The van der Waals surface area contributed by atoms with Crippen molar-refractivity contribution in [2.75, 3.05) is 37.8 Å². The first-order chi connectivity index (χ1) is 25.4. The Morgan fingerprint density at radius 3 is 2.40 bits per heavy atom. The molecule has 1 saturated heterocycles. The van der Waals surface area contributed by atoms with Crippen molar-refractivity contribution in [1.29, 1.82) is 0 Å². The van der Waals surface area contributed by atoms with E-state index >= 15 is 0 Å². The van der Waals surface area contributed by atoms with Gasteiger partial charge >= 0.3 is 29.4 Å². The van der Waals surface area contributed by atoms with Gasteiger partial charge in [0.25, 0.3) is 0 Å². The number of nitrogens with one attached hydrogen (secondary N) is 2. The number of anilines is 1. The monoisotopic (exact) mass is 865 g/mol. The van der Waals surface area contributed by atoms with Crippen LogP contribution in [-0.4, -0.2) is 133 Å². The van der Waals surface area contributed by atoms with E-state index in [-0.39, 0.29) is 47.7 Å². The summed E-state index contributed by atoms with van der Waals surface area (Å²) in [5, 5.41) is 35.4. The summed E-state index contributed by atoms with van der Waals surface area (Å²) in [6, 6.07) is 0. The fourth-order valence-electron chi connectivity index (χ4n) is 5.18. The van der Waals surface area contributed by atoms with Crippen LogP contribution in [0.5, 0.6) is 0 Å². The zero-order chi connectivity index (χ0) is 41.0. The summed E-state index contributed by atoms with van der Waals surface area (Å²) in [5.41, 5.74) is 4.25. The fourth-order valence-corrected chi connectivity index (χ4v) is 9.27. The minimum Gasteiger partial charge on any atom is -0.481 e. The second kappa shape index (κ2) is 17.9. The van der Waals surface area contributed by atoms with Gasteiger partial charge in [0.05, 0.1) is 26.0 Å². The number of aliphatic hydroxyl groups excluding tert-OH is 2. The number of carbonyl (C=O) groups excluding carboxylic acids is 2. The molecular weight excluding hydrogens is 823 g/mol. The van der Waals surface area contributed by atoms with Gasteiger partial charge < -0.3 is 56.0 Å². The Morgan fingerprint density at radius 2 is 1.76 bits per heavy atom. The minimum atomic E-state index is -5.57. The molecule has 1 aliphatic carbocycles. The van der Waals surface area contributed by atoms with Gasteiger partial charge in [-0.3, -0.25) is 32.5 Å². The molecule has 1 saturated carbocycles. The van der Waals surface area contributed by atoms with E-state index in [1.54, 1.807) is 0 Å². The highest BCUT2D eigenvalue weighted by Gasteiger charge is 2.50. The quantitative estimate of drug-likeness (QED) is 0.0509. The molecule has 55 heavy (non-hydrogen) atoms. The fraction of sp³-hybridized carbons (Fsp3) is 0.692. The summed E-state index contributed by atoms with van der Waals surface area (Å²) in [4.78, 5) is 86.5. The van der Waals surface area contributed by atoms with Gasteiger partial charge in [-0.1, -0.05) is 13.8 Å². The average Bonchev–Trinajstić information content (AvgIpc) is 3.57. The number of aliphatic hydroxyl groups is 2. The molecule has 3 heterocycles. The van der Waals surface area contributed by atoms with Crippen LogP contribution in [0.2, 0.25) is 0 Å². The molecule has 0 aromatic carbocycles. The lowest BCUT2D eigenvalue weighted by atomic mass is 9.87. The smallest absolute Gasteiger partial charge is 0.481 e. The molecule has 2 fully saturated rings. The number of carbonyl (C=O) groups is 3. The van der Waals surface area contributed by atoms with Crippen molar-refractivity contribution < 1.29 is 85.6 Å². The van der Waals surface area contributed by atoms with Crippen molar-refractivity contribution >= 4 is 70.0 Å². The maximum atomic E-state index is 12.7. The van der Waals surface area contributed by atoms with Gasteiger partial charge in [0.1, 0.15) is 36.3 Å². The number of ether oxygens (including phenoxy) is 1. The maximum Gasteiger partial charge on any atom is 0.481 e. The molecule has 29 heteroatoms. The standard InChI is InChI=1S/C26H42N7O18P3S/c1-25(2,20(38)23(39)29-6-3-15(34)28-7-8-55-26(4-5-26)9-16(35)36)11-48-54(45,46)51-53(43,44)47-10-14-19(50-52(40,41)42)18(37)24(49-14)33-13-32-17-21(27)30-12-31-22(17)33/h12-14,18-20,24,37-38H,3-11H2,1-2H3,(H,28,34)(H,29,39)(H,35,36)(H,43,44)(H,45,46)(H2,27,30,31)(H2,40,41,42)/t14-,18-,19-,20+,24-/m1/s1. The number of thioether (sulfide) groups is 1. The van der Waals surface area contributed by atoms with E-state index in [9.17, 15) is 57.9 Å². The Balaban J connectivity index is 1.24. The number of nitrogens with two attached hydrogens (primary N) is 1. The summed E-state index contributed by atoms with van der Waals surface area (Å²) < 4.78 is 61.7. The molecule has 7 atom stereocenters. The third kappa shape index (κ3) is 12.9. The molecule has 11 N–H and O–H groups in total. The van der Waals surface area contributed by atoms with E-state index in [2.05, 4.69) is 34.4 Å². The molecular formula is C26H42N7O18P3S.